The second-order valence-electron chi connectivity index (χ2n) is 3.66. The van der Waals surface area contributed by atoms with Crippen LogP contribution < -0.4 is 5.32 Å². The molecule has 1 aromatic heterocycles. The number of halogens is 1. The smallest absolute Gasteiger partial charge is 0.132 e. The third kappa shape index (κ3) is 2.47. The largest absolute Gasteiger partial charge is 0.373 e. The number of nitrogens with one attached hydrogen (secondary N) is 1. The fourth-order valence-electron chi connectivity index (χ4n) is 1.82. The summed E-state index contributed by atoms with van der Waals surface area (Å²) in [6.07, 6.45) is 2.50. The molecule has 0 saturated heterocycles. The van der Waals surface area contributed by atoms with Gasteiger partial charge in [-0.2, -0.15) is 0 Å². The first-order valence-electron chi connectivity index (χ1n) is 5.53. The van der Waals surface area contributed by atoms with E-state index in [-0.39, 0.29) is 0 Å². The molecular formula is C13H14BrN3. The van der Waals surface area contributed by atoms with Crippen LogP contribution in [0.4, 0.5) is 5.82 Å². The molecule has 3 nitrogen and oxygen atoms in total. The van der Waals surface area contributed by atoms with Crippen molar-refractivity contribution >= 4 is 21.7 Å². The van der Waals surface area contributed by atoms with Crippen LogP contribution in [-0.4, -0.2) is 17.0 Å². The molecule has 0 aliphatic rings. The van der Waals surface area contributed by atoms with E-state index in [4.69, 9.17) is 0 Å². The first-order chi connectivity index (χ1) is 8.26. The van der Waals surface area contributed by atoms with Crippen molar-refractivity contribution < 1.29 is 0 Å². The number of rotatable bonds is 3. The van der Waals surface area contributed by atoms with E-state index < -0.39 is 0 Å². The molecule has 1 aromatic carbocycles. The molecular weight excluding hydrogens is 278 g/mol. The highest BCUT2D eigenvalue weighted by Gasteiger charge is 2.10. The summed E-state index contributed by atoms with van der Waals surface area (Å²) in [5.74, 6) is 0.903. The molecule has 2 aromatic rings. The molecule has 17 heavy (non-hydrogen) atoms. The van der Waals surface area contributed by atoms with Crippen molar-refractivity contribution in [2.75, 3.05) is 12.4 Å². The molecule has 1 heterocycles. The summed E-state index contributed by atoms with van der Waals surface area (Å²) in [7, 11) is 1.88. The first kappa shape index (κ1) is 12.0. The van der Waals surface area contributed by atoms with E-state index in [0.29, 0.717) is 0 Å². The van der Waals surface area contributed by atoms with Crippen LogP contribution in [0.25, 0.3) is 11.3 Å². The number of aromatic nitrogens is 2. The van der Waals surface area contributed by atoms with Crippen LogP contribution in [-0.2, 0) is 6.42 Å². The molecule has 0 radical (unpaired) electrons. The molecule has 88 valence electrons. The number of anilines is 1. The van der Waals surface area contributed by atoms with Gasteiger partial charge in [-0.3, -0.25) is 0 Å². The maximum Gasteiger partial charge on any atom is 0.132 e. The van der Waals surface area contributed by atoms with Crippen LogP contribution in [0, 0.1) is 0 Å². The Bertz CT molecular complexity index is 509. The van der Waals surface area contributed by atoms with E-state index in [1.54, 1.807) is 6.33 Å². The van der Waals surface area contributed by atoms with Gasteiger partial charge >= 0.3 is 0 Å². The minimum absolute atomic E-state index is 0.903. The van der Waals surface area contributed by atoms with Crippen LogP contribution in [0.1, 0.15) is 12.5 Å². The lowest BCUT2D eigenvalue weighted by molar-refractivity contribution is 1.05. The molecule has 0 aliphatic heterocycles. The lowest BCUT2D eigenvalue weighted by Crippen LogP contribution is -2.02. The molecule has 0 fully saturated rings. The van der Waals surface area contributed by atoms with Gasteiger partial charge in [0, 0.05) is 22.6 Å². The molecule has 0 amide bonds. The van der Waals surface area contributed by atoms with E-state index in [2.05, 4.69) is 50.3 Å². The minimum atomic E-state index is 0.903. The second-order valence-corrected chi connectivity index (χ2v) is 4.58. The van der Waals surface area contributed by atoms with Gasteiger partial charge in [0.25, 0.3) is 0 Å². The van der Waals surface area contributed by atoms with Crippen LogP contribution in [0.15, 0.2) is 35.1 Å². The summed E-state index contributed by atoms with van der Waals surface area (Å²) in [6.45, 7) is 2.11. The van der Waals surface area contributed by atoms with Crippen molar-refractivity contribution in [1.29, 1.82) is 0 Å². The Hall–Kier alpha value is -1.42. The predicted molar refractivity (Wildman–Crippen MR) is 74.1 cm³/mol. The van der Waals surface area contributed by atoms with Gasteiger partial charge in [0.15, 0.2) is 0 Å². The fraction of sp³-hybridized carbons (Fsp3) is 0.231. The molecule has 0 unspecified atom stereocenters. The number of benzene rings is 1. The van der Waals surface area contributed by atoms with Gasteiger partial charge in [-0.05, 0) is 18.6 Å². The second kappa shape index (κ2) is 5.27. The van der Waals surface area contributed by atoms with Crippen molar-refractivity contribution in [3.05, 3.63) is 40.6 Å². The molecule has 1 N–H and O–H groups in total. The van der Waals surface area contributed by atoms with Crippen molar-refractivity contribution in [2.24, 2.45) is 0 Å². The Balaban J connectivity index is 2.54. The van der Waals surface area contributed by atoms with Crippen LogP contribution >= 0.6 is 15.9 Å². The lowest BCUT2D eigenvalue weighted by atomic mass is 10.0. The average Bonchev–Trinajstić information content (AvgIpc) is 2.38. The Morgan fingerprint density at radius 3 is 2.47 bits per heavy atom. The molecule has 0 spiro atoms. The van der Waals surface area contributed by atoms with E-state index in [9.17, 15) is 0 Å². The monoisotopic (exact) mass is 291 g/mol. The van der Waals surface area contributed by atoms with E-state index in [0.717, 1.165) is 33.5 Å². The number of hydrogen-bond donors (Lipinski definition) is 1. The van der Waals surface area contributed by atoms with Crippen molar-refractivity contribution in [1.82, 2.24) is 9.97 Å². The van der Waals surface area contributed by atoms with Gasteiger partial charge in [-0.15, -0.1) is 0 Å². The highest BCUT2D eigenvalue weighted by atomic mass is 79.9. The highest BCUT2D eigenvalue weighted by Crippen LogP contribution is 2.26. The number of nitrogens with zero attached hydrogens (tertiary/aromatic N) is 2. The number of hydrogen-bond acceptors (Lipinski definition) is 3. The third-order valence-electron chi connectivity index (χ3n) is 2.65. The van der Waals surface area contributed by atoms with Crippen LogP contribution in [0.2, 0.25) is 0 Å². The van der Waals surface area contributed by atoms with E-state index in [1.807, 2.05) is 19.2 Å². The van der Waals surface area contributed by atoms with Gasteiger partial charge in [0.05, 0.1) is 5.69 Å². The summed E-state index contributed by atoms with van der Waals surface area (Å²) in [4.78, 5) is 8.63. The summed E-state index contributed by atoms with van der Waals surface area (Å²) in [6, 6.07) is 8.17. The fourth-order valence-corrected chi connectivity index (χ4v) is 2.08. The zero-order valence-electron chi connectivity index (χ0n) is 9.87. The van der Waals surface area contributed by atoms with Crippen molar-refractivity contribution in [2.45, 2.75) is 13.3 Å². The van der Waals surface area contributed by atoms with E-state index in [1.165, 1.54) is 0 Å². The average molecular weight is 292 g/mol. The standard InChI is InChI=1S/C13H14BrN3/c1-3-11-12(16-8-17-13(11)15-2)9-4-6-10(14)7-5-9/h4-8H,3H2,1-2H3,(H,15,16,17). The van der Waals surface area contributed by atoms with Gasteiger partial charge < -0.3 is 5.32 Å². The van der Waals surface area contributed by atoms with Gasteiger partial charge in [-0.1, -0.05) is 35.0 Å². The molecule has 0 atom stereocenters. The minimum Gasteiger partial charge on any atom is -0.373 e. The lowest BCUT2D eigenvalue weighted by Gasteiger charge is -2.11. The predicted octanol–water partition coefficient (Wildman–Crippen LogP) is 3.51. The van der Waals surface area contributed by atoms with Crippen molar-refractivity contribution in [3.63, 3.8) is 0 Å². The van der Waals surface area contributed by atoms with Gasteiger partial charge in [0.2, 0.25) is 0 Å². The summed E-state index contributed by atoms with van der Waals surface area (Å²) in [5, 5.41) is 3.11. The topological polar surface area (TPSA) is 37.8 Å². The summed E-state index contributed by atoms with van der Waals surface area (Å²) >= 11 is 3.44. The Labute approximate surface area is 109 Å². The quantitative estimate of drug-likeness (QED) is 0.940. The van der Waals surface area contributed by atoms with Gasteiger partial charge in [0.1, 0.15) is 12.1 Å². The van der Waals surface area contributed by atoms with Crippen molar-refractivity contribution in [3.8, 4) is 11.3 Å². The molecule has 0 bridgehead atoms. The summed E-state index contributed by atoms with van der Waals surface area (Å²) < 4.78 is 1.07. The zero-order valence-corrected chi connectivity index (χ0v) is 11.5. The maximum absolute atomic E-state index is 4.39. The van der Waals surface area contributed by atoms with Gasteiger partial charge in [-0.25, -0.2) is 9.97 Å². The van der Waals surface area contributed by atoms with E-state index >= 15 is 0 Å². The molecule has 0 aliphatic carbocycles. The molecule has 4 heteroatoms. The SMILES string of the molecule is CCc1c(NC)ncnc1-c1ccc(Br)cc1. The molecule has 0 saturated carbocycles. The van der Waals surface area contributed by atoms with Crippen LogP contribution in [0.5, 0.6) is 0 Å². The Morgan fingerprint density at radius 1 is 1.18 bits per heavy atom. The zero-order chi connectivity index (χ0) is 12.3. The van der Waals surface area contributed by atoms with Crippen LogP contribution in [0.3, 0.4) is 0 Å². The Morgan fingerprint density at radius 2 is 1.88 bits per heavy atom. The third-order valence-corrected chi connectivity index (χ3v) is 3.18. The molecule has 2 rings (SSSR count). The summed E-state index contributed by atoms with van der Waals surface area (Å²) in [5.41, 5.74) is 3.26. The maximum atomic E-state index is 4.39. The first-order valence-corrected chi connectivity index (χ1v) is 6.33. The Kier molecular flexibility index (Phi) is 3.74. The highest BCUT2D eigenvalue weighted by molar-refractivity contribution is 9.10. The normalized spacial score (nSPS) is 10.3.